The molecule has 1 aromatic heterocycles. The number of carbonyl (C=O) groups excluding carboxylic acids is 2. The van der Waals surface area contributed by atoms with Gasteiger partial charge in [0.2, 0.25) is 11.8 Å². The lowest BCUT2D eigenvalue weighted by molar-refractivity contribution is -0.134. The molecule has 0 aliphatic heterocycles. The number of amides is 2. The first kappa shape index (κ1) is 18.5. The minimum atomic E-state index is -0.298. The van der Waals surface area contributed by atoms with Gasteiger partial charge in [0.15, 0.2) is 5.82 Å². The van der Waals surface area contributed by atoms with E-state index in [1.807, 2.05) is 31.2 Å². The number of aromatic nitrogens is 1. The molecule has 2 aromatic rings. The highest BCUT2D eigenvalue weighted by atomic mass is 16.5. The van der Waals surface area contributed by atoms with Gasteiger partial charge in [-0.2, -0.15) is 0 Å². The highest BCUT2D eigenvalue weighted by Crippen LogP contribution is 2.13. The van der Waals surface area contributed by atoms with Gasteiger partial charge in [0, 0.05) is 12.6 Å². The number of carbonyl (C=O) groups is 2. The number of nitrogens with zero attached hydrogens (tertiary/aromatic N) is 2. The lowest BCUT2D eigenvalue weighted by atomic mass is 10.1. The van der Waals surface area contributed by atoms with Crippen LogP contribution in [0.3, 0.4) is 0 Å². The Labute approximate surface area is 146 Å². The van der Waals surface area contributed by atoms with Crippen molar-refractivity contribution in [1.82, 2.24) is 10.1 Å². The zero-order valence-electron chi connectivity index (χ0n) is 14.5. The maximum absolute atomic E-state index is 12.6. The molecule has 0 saturated carbocycles. The molecule has 0 aliphatic rings. The molecule has 0 atom stereocenters. The van der Waals surface area contributed by atoms with Crippen LogP contribution in [0.15, 0.2) is 41.1 Å². The Morgan fingerprint density at radius 3 is 2.60 bits per heavy atom. The van der Waals surface area contributed by atoms with Crippen molar-refractivity contribution in [3.63, 3.8) is 0 Å². The van der Waals surface area contributed by atoms with Crippen molar-refractivity contribution in [2.24, 2.45) is 0 Å². The van der Waals surface area contributed by atoms with E-state index in [0.717, 1.165) is 24.2 Å². The molecule has 0 aliphatic carbocycles. The van der Waals surface area contributed by atoms with Crippen LogP contribution in [0, 0.1) is 0 Å². The van der Waals surface area contributed by atoms with Crippen LogP contribution >= 0.6 is 0 Å². The first-order chi connectivity index (χ1) is 12.1. The molecule has 0 radical (unpaired) electrons. The maximum atomic E-state index is 12.6. The van der Waals surface area contributed by atoms with Gasteiger partial charge in [-0.05, 0) is 24.1 Å². The first-order valence-electron chi connectivity index (χ1n) is 8.23. The van der Waals surface area contributed by atoms with Crippen LogP contribution in [-0.4, -0.2) is 42.1 Å². The molecular weight excluding hydrogens is 322 g/mol. The fraction of sp³-hybridized carbons (Fsp3) is 0.389. The molecule has 2 rings (SSSR count). The summed E-state index contributed by atoms with van der Waals surface area (Å²) in [5.41, 5.74) is 0.879. The molecule has 0 bridgehead atoms. The molecule has 0 spiro atoms. The van der Waals surface area contributed by atoms with E-state index in [2.05, 4.69) is 15.0 Å². The second-order valence-corrected chi connectivity index (χ2v) is 5.63. The van der Waals surface area contributed by atoms with Gasteiger partial charge in [-0.15, -0.1) is 0 Å². The lowest BCUT2D eigenvalue weighted by Gasteiger charge is -2.22. The zero-order valence-corrected chi connectivity index (χ0v) is 14.5. The van der Waals surface area contributed by atoms with Crippen LogP contribution in [0.1, 0.15) is 25.3 Å². The topological polar surface area (TPSA) is 84.7 Å². The summed E-state index contributed by atoms with van der Waals surface area (Å²) in [6, 6.07) is 8.88. The summed E-state index contributed by atoms with van der Waals surface area (Å²) in [6.07, 6.45) is 3.40. The Hall–Kier alpha value is -2.83. The third kappa shape index (κ3) is 5.95. The molecule has 0 saturated heterocycles. The van der Waals surface area contributed by atoms with E-state index in [1.165, 1.54) is 6.26 Å². The number of unbranched alkanes of at least 4 members (excludes halogenated alkanes) is 1. The number of ether oxygens (including phenoxy) is 1. The van der Waals surface area contributed by atoms with Gasteiger partial charge in [-0.25, -0.2) is 0 Å². The fourth-order valence-electron chi connectivity index (χ4n) is 2.30. The van der Waals surface area contributed by atoms with Crippen molar-refractivity contribution in [3.05, 3.63) is 42.2 Å². The number of hydrogen-bond donors (Lipinski definition) is 1. The van der Waals surface area contributed by atoms with Gasteiger partial charge in [0.05, 0.1) is 20.1 Å². The number of benzene rings is 1. The lowest BCUT2D eigenvalue weighted by Crippen LogP contribution is -2.39. The Morgan fingerprint density at radius 2 is 2.00 bits per heavy atom. The van der Waals surface area contributed by atoms with E-state index in [4.69, 9.17) is 4.74 Å². The number of anilines is 1. The van der Waals surface area contributed by atoms with Gasteiger partial charge in [-0.1, -0.05) is 30.6 Å². The van der Waals surface area contributed by atoms with Crippen molar-refractivity contribution in [1.29, 1.82) is 0 Å². The highest BCUT2D eigenvalue weighted by molar-refractivity contribution is 5.94. The second-order valence-electron chi connectivity index (χ2n) is 5.63. The standard InChI is InChI=1S/C18H23N3O4/c1-3-4-10-21(13-17(22)19-16-9-11-25-20-16)18(23)12-14-5-7-15(24-2)8-6-14/h5-9,11H,3-4,10,12-13H2,1-2H3,(H,19,20,22). The monoisotopic (exact) mass is 345 g/mol. The SMILES string of the molecule is CCCCN(CC(=O)Nc1ccon1)C(=O)Cc1ccc(OC)cc1. The van der Waals surface area contributed by atoms with Crippen molar-refractivity contribution in [3.8, 4) is 5.75 Å². The molecule has 2 amide bonds. The van der Waals surface area contributed by atoms with Gasteiger partial charge >= 0.3 is 0 Å². The predicted octanol–water partition coefficient (Wildman–Crippen LogP) is 2.49. The van der Waals surface area contributed by atoms with E-state index in [-0.39, 0.29) is 24.8 Å². The maximum Gasteiger partial charge on any atom is 0.245 e. The molecule has 0 fully saturated rings. The molecule has 134 valence electrons. The smallest absolute Gasteiger partial charge is 0.245 e. The van der Waals surface area contributed by atoms with Crippen molar-refractivity contribution in [2.45, 2.75) is 26.2 Å². The van der Waals surface area contributed by atoms with Crippen molar-refractivity contribution < 1.29 is 18.8 Å². The Morgan fingerprint density at radius 1 is 1.24 bits per heavy atom. The van der Waals surface area contributed by atoms with E-state index < -0.39 is 0 Å². The summed E-state index contributed by atoms with van der Waals surface area (Å²) < 4.78 is 9.79. The molecular formula is C18H23N3O4. The summed E-state index contributed by atoms with van der Waals surface area (Å²) in [6.45, 7) is 2.57. The van der Waals surface area contributed by atoms with E-state index in [0.29, 0.717) is 12.4 Å². The van der Waals surface area contributed by atoms with E-state index in [9.17, 15) is 9.59 Å². The van der Waals surface area contributed by atoms with Crippen LogP contribution in [0.2, 0.25) is 0 Å². The largest absolute Gasteiger partial charge is 0.497 e. The number of methoxy groups -OCH3 is 1. The average Bonchev–Trinajstić information content (AvgIpc) is 3.12. The highest BCUT2D eigenvalue weighted by Gasteiger charge is 2.18. The molecule has 1 aromatic carbocycles. The van der Waals surface area contributed by atoms with Gasteiger partial charge in [0.1, 0.15) is 12.0 Å². The fourth-order valence-corrected chi connectivity index (χ4v) is 2.30. The molecule has 7 heteroatoms. The van der Waals surface area contributed by atoms with Crippen LogP contribution in [0.4, 0.5) is 5.82 Å². The molecule has 0 unspecified atom stereocenters. The van der Waals surface area contributed by atoms with Crippen molar-refractivity contribution >= 4 is 17.6 Å². The van der Waals surface area contributed by atoms with Crippen LogP contribution in [0.25, 0.3) is 0 Å². The normalized spacial score (nSPS) is 10.3. The second kappa shape index (κ2) is 9.46. The van der Waals surface area contributed by atoms with Gasteiger partial charge in [-0.3, -0.25) is 9.59 Å². The minimum Gasteiger partial charge on any atom is -0.497 e. The Bertz CT molecular complexity index is 668. The van der Waals surface area contributed by atoms with Crippen molar-refractivity contribution in [2.75, 3.05) is 25.5 Å². The Balaban J connectivity index is 1.96. The summed E-state index contributed by atoms with van der Waals surface area (Å²) in [4.78, 5) is 26.3. The summed E-state index contributed by atoms with van der Waals surface area (Å²) in [7, 11) is 1.60. The van der Waals surface area contributed by atoms with Gasteiger partial charge < -0.3 is 19.5 Å². The number of hydrogen-bond acceptors (Lipinski definition) is 5. The first-order valence-corrected chi connectivity index (χ1v) is 8.23. The zero-order chi connectivity index (χ0) is 18.1. The molecule has 25 heavy (non-hydrogen) atoms. The minimum absolute atomic E-state index is 0.0121. The molecule has 1 heterocycles. The predicted molar refractivity (Wildman–Crippen MR) is 93.3 cm³/mol. The quantitative estimate of drug-likeness (QED) is 0.755. The third-order valence-corrected chi connectivity index (χ3v) is 3.69. The molecule has 7 nitrogen and oxygen atoms in total. The third-order valence-electron chi connectivity index (χ3n) is 3.69. The summed E-state index contributed by atoms with van der Waals surface area (Å²) >= 11 is 0. The molecule has 1 N–H and O–H groups in total. The van der Waals surface area contributed by atoms with Crippen LogP contribution in [0.5, 0.6) is 5.75 Å². The number of nitrogens with one attached hydrogen (secondary N) is 1. The van der Waals surface area contributed by atoms with Crippen LogP contribution < -0.4 is 10.1 Å². The van der Waals surface area contributed by atoms with Crippen LogP contribution in [-0.2, 0) is 16.0 Å². The summed E-state index contributed by atoms with van der Waals surface area (Å²) in [5, 5.41) is 6.24. The average molecular weight is 345 g/mol. The summed E-state index contributed by atoms with van der Waals surface area (Å²) in [5.74, 6) is 0.691. The number of rotatable bonds is 9. The van der Waals surface area contributed by atoms with E-state index in [1.54, 1.807) is 18.1 Å². The Kier molecular flexibility index (Phi) is 7.00. The van der Waals surface area contributed by atoms with Gasteiger partial charge in [0.25, 0.3) is 0 Å². The van der Waals surface area contributed by atoms with E-state index >= 15 is 0 Å².